The Labute approximate surface area is 150 Å². The van der Waals surface area contributed by atoms with Crippen molar-refractivity contribution in [2.75, 3.05) is 13.2 Å². The van der Waals surface area contributed by atoms with Crippen molar-refractivity contribution >= 4 is 29.1 Å². The number of rotatable bonds is 5. The monoisotopic (exact) mass is 365 g/mol. The van der Waals surface area contributed by atoms with Crippen molar-refractivity contribution in [2.45, 2.75) is 18.9 Å². The summed E-state index contributed by atoms with van der Waals surface area (Å²) in [5.74, 6) is 1.26. The van der Waals surface area contributed by atoms with Gasteiger partial charge in [0.1, 0.15) is 11.5 Å². The van der Waals surface area contributed by atoms with Crippen LogP contribution in [0.15, 0.2) is 42.5 Å². The summed E-state index contributed by atoms with van der Waals surface area (Å²) in [5.41, 5.74) is 0.911. The molecule has 6 heteroatoms. The molecule has 24 heavy (non-hydrogen) atoms. The molecule has 0 saturated heterocycles. The van der Waals surface area contributed by atoms with Gasteiger partial charge in [-0.2, -0.15) is 0 Å². The molecule has 0 bridgehead atoms. The van der Waals surface area contributed by atoms with Crippen molar-refractivity contribution in [2.24, 2.45) is 0 Å². The summed E-state index contributed by atoms with van der Waals surface area (Å²) in [6.45, 7) is 0.830. The predicted octanol–water partition coefficient (Wildman–Crippen LogP) is 4.40. The number of hydrogen-bond acceptors (Lipinski definition) is 3. The number of ether oxygens (including phenoxy) is 2. The Morgan fingerprint density at radius 1 is 1.25 bits per heavy atom. The highest BCUT2D eigenvalue weighted by Crippen LogP contribution is 2.34. The Morgan fingerprint density at radius 3 is 2.92 bits per heavy atom. The second-order valence-corrected chi connectivity index (χ2v) is 6.31. The van der Waals surface area contributed by atoms with E-state index in [1.807, 2.05) is 24.3 Å². The van der Waals surface area contributed by atoms with Crippen LogP contribution in [-0.2, 0) is 4.79 Å². The second-order valence-electron chi connectivity index (χ2n) is 5.47. The number of halogens is 2. The van der Waals surface area contributed by atoms with Gasteiger partial charge < -0.3 is 14.8 Å². The Balaban J connectivity index is 1.55. The van der Waals surface area contributed by atoms with Gasteiger partial charge in [-0.05, 0) is 30.3 Å². The largest absolute Gasteiger partial charge is 0.493 e. The van der Waals surface area contributed by atoms with Crippen LogP contribution >= 0.6 is 23.2 Å². The molecule has 1 unspecified atom stereocenters. The second kappa shape index (κ2) is 7.77. The minimum atomic E-state index is -0.0970. The lowest BCUT2D eigenvalue weighted by Gasteiger charge is -2.27. The molecule has 1 amide bonds. The Morgan fingerprint density at radius 2 is 2.08 bits per heavy atom. The van der Waals surface area contributed by atoms with Gasteiger partial charge in [-0.25, -0.2) is 0 Å². The number of carbonyl (C=O) groups is 1. The fourth-order valence-electron chi connectivity index (χ4n) is 2.60. The molecular formula is C18H17Cl2NO3. The molecule has 0 saturated carbocycles. The number of nitrogens with one attached hydrogen (secondary N) is 1. The summed E-state index contributed by atoms with van der Waals surface area (Å²) in [6.07, 6.45) is 0.961. The van der Waals surface area contributed by atoms with E-state index >= 15 is 0 Å². The average molecular weight is 366 g/mol. The lowest BCUT2D eigenvalue weighted by atomic mass is 10.0. The van der Waals surface area contributed by atoms with Crippen molar-refractivity contribution in [3.63, 3.8) is 0 Å². The van der Waals surface area contributed by atoms with E-state index in [-0.39, 0.29) is 25.0 Å². The normalized spacial score (nSPS) is 16.0. The first-order valence-electron chi connectivity index (χ1n) is 7.72. The quantitative estimate of drug-likeness (QED) is 0.853. The number of fused-ring (bicyclic) bond motifs is 1. The number of amides is 1. The number of benzene rings is 2. The number of hydrogen-bond donors (Lipinski definition) is 1. The molecule has 0 radical (unpaired) electrons. The Kier molecular flexibility index (Phi) is 5.48. The molecule has 0 fully saturated rings. The first kappa shape index (κ1) is 16.9. The maximum absolute atomic E-state index is 12.2. The zero-order valence-electron chi connectivity index (χ0n) is 12.9. The molecule has 2 aromatic carbocycles. The van der Waals surface area contributed by atoms with Crippen LogP contribution in [0.1, 0.15) is 24.4 Å². The van der Waals surface area contributed by atoms with Crippen molar-refractivity contribution in [3.05, 3.63) is 58.1 Å². The van der Waals surface area contributed by atoms with Crippen LogP contribution in [0.4, 0.5) is 0 Å². The van der Waals surface area contributed by atoms with E-state index in [4.69, 9.17) is 32.7 Å². The van der Waals surface area contributed by atoms with Gasteiger partial charge in [0, 0.05) is 17.0 Å². The Hall–Kier alpha value is -1.91. The summed E-state index contributed by atoms with van der Waals surface area (Å²) >= 11 is 12.1. The van der Waals surface area contributed by atoms with E-state index in [0.29, 0.717) is 28.8 Å². The van der Waals surface area contributed by atoms with Crippen LogP contribution in [0.5, 0.6) is 11.5 Å². The zero-order chi connectivity index (χ0) is 16.9. The van der Waals surface area contributed by atoms with E-state index in [1.54, 1.807) is 18.2 Å². The molecular weight excluding hydrogens is 349 g/mol. The number of carbonyl (C=O) groups excluding carboxylic acids is 1. The van der Waals surface area contributed by atoms with Gasteiger partial charge in [-0.15, -0.1) is 0 Å². The standard InChI is InChI=1S/C18H17Cl2NO3/c19-12-5-6-16-13(11-12)15(7-9-23-16)21-18(22)8-10-24-17-4-2-1-3-14(17)20/h1-6,11,15H,7-10H2,(H,21,22). The average Bonchev–Trinajstić information content (AvgIpc) is 2.57. The van der Waals surface area contributed by atoms with Gasteiger partial charge in [0.15, 0.2) is 0 Å². The van der Waals surface area contributed by atoms with Gasteiger partial charge >= 0.3 is 0 Å². The molecule has 0 aliphatic carbocycles. The van der Waals surface area contributed by atoms with E-state index in [2.05, 4.69) is 5.32 Å². The van der Waals surface area contributed by atoms with Gasteiger partial charge in [-0.1, -0.05) is 35.3 Å². The van der Waals surface area contributed by atoms with E-state index in [0.717, 1.165) is 11.3 Å². The highest BCUT2D eigenvalue weighted by Gasteiger charge is 2.23. The topological polar surface area (TPSA) is 47.6 Å². The van der Waals surface area contributed by atoms with Crippen molar-refractivity contribution in [1.82, 2.24) is 5.32 Å². The van der Waals surface area contributed by atoms with Crippen LogP contribution in [0.3, 0.4) is 0 Å². The molecule has 3 rings (SSSR count). The molecule has 2 aromatic rings. The van der Waals surface area contributed by atoms with Crippen LogP contribution in [-0.4, -0.2) is 19.1 Å². The maximum Gasteiger partial charge on any atom is 0.223 e. The van der Waals surface area contributed by atoms with E-state index < -0.39 is 0 Å². The van der Waals surface area contributed by atoms with Gasteiger partial charge in [-0.3, -0.25) is 4.79 Å². The molecule has 0 aromatic heterocycles. The molecule has 1 aliphatic rings. The highest BCUT2D eigenvalue weighted by molar-refractivity contribution is 6.32. The molecule has 1 heterocycles. The van der Waals surface area contributed by atoms with Gasteiger partial charge in [0.25, 0.3) is 0 Å². The third kappa shape index (κ3) is 4.13. The third-order valence-electron chi connectivity index (χ3n) is 3.77. The SMILES string of the molecule is O=C(CCOc1ccccc1Cl)NC1CCOc2ccc(Cl)cc21. The van der Waals surface area contributed by atoms with Crippen LogP contribution in [0.25, 0.3) is 0 Å². The molecule has 1 N–H and O–H groups in total. The molecule has 1 aliphatic heterocycles. The number of para-hydroxylation sites is 1. The third-order valence-corrected chi connectivity index (χ3v) is 4.32. The summed E-state index contributed by atoms with van der Waals surface area (Å²) in [7, 11) is 0. The van der Waals surface area contributed by atoms with Crippen LogP contribution in [0.2, 0.25) is 10.0 Å². The Bertz CT molecular complexity index is 736. The fourth-order valence-corrected chi connectivity index (χ4v) is 2.97. The molecule has 0 spiro atoms. The highest BCUT2D eigenvalue weighted by atomic mass is 35.5. The lowest BCUT2D eigenvalue weighted by Crippen LogP contribution is -2.32. The molecule has 1 atom stereocenters. The smallest absolute Gasteiger partial charge is 0.223 e. The first-order valence-corrected chi connectivity index (χ1v) is 8.48. The summed E-state index contributed by atoms with van der Waals surface area (Å²) < 4.78 is 11.1. The van der Waals surface area contributed by atoms with Gasteiger partial charge in [0.05, 0.1) is 30.7 Å². The maximum atomic E-state index is 12.2. The summed E-state index contributed by atoms with van der Waals surface area (Å²) in [6, 6.07) is 12.5. The summed E-state index contributed by atoms with van der Waals surface area (Å²) in [4.78, 5) is 12.2. The van der Waals surface area contributed by atoms with Crippen LogP contribution < -0.4 is 14.8 Å². The minimum absolute atomic E-state index is 0.0834. The fraction of sp³-hybridized carbons (Fsp3) is 0.278. The van der Waals surface area contributed by atoms with E-state index in [9.17, 15) is 4.79 Å². The van der Waals surface area contributed by atoms with Crippen molar-refractivity contribution in [3.8, 4) is 11.5 Å². The van der Waals surface area contributed by atoms with Crippen LogP contribution in [0, 0.1) is 0 Å². The van der Waals surface area contributed by atoms with Crippen molar-refractivity contribution < 1.29 is 14.3 Å². The lowest BCUT2D eigenvalue weighted by molar-refractivity contribution is -0.122. The minimum Gasteiger partial charge on any atom is -0.493 e. The first-order chi connectivity index (χ1) is 11.6. The van der Waals surface area contributed by atoms with Crippen molar-refractivity contribution in [1.29, 1.82) is 0 Å². The van der Waals surface area contributed by atoms with Gasteiger partial charge in [0.2, 0.25) is 5.91 Å². The van der Waals surface area contributed by atoms with E-state index in [1.165, 1.54) is 0 Å². The predicted molar refractivity (Wildman–Crippen MR) is 94.0 cm³/mol. The zero-order valence-corrected chi connectivity index (χ0v) is 14.4. The molecule has 126 valence electrons. The summed E-state index contributed by atoms with van der Waals surface area (Å²) in [5, 5.41) is 4.17. The molecule has 4 nitrogen and oxygen atoms in total.